The molecule has 2 N–H and O–H groups in total. The molecule has 0 radical (unpaired) electrons. The van der Waals surface area contributed by atoms with Crippen LogP contribution >= 0.6 is 0 Å². The Morgan fingerprint density at radius 1 is 0.850 bits per heavy atom. The predicted molar refractivity (Wildman–Crippen MR) is 152 cm³/mol. The third-order valence-electron chi connectivity index (χ3n) is 6.48. The summed E-state index contributed by atoms with van der Waals surface area (Å²) in [7, 11) is 1.59. The van der Waals surface area contributed by atoms with Gasteiger partial charge in [-0.15, -0.1) is 0 Å². The maximum atomic E-state index is 13.9. The summed E-state index contributed by atoms with van der Waals surface area (Å²) in [6.07, 6.45) is 3.71. The van der Waals surface area contributed by atoms with E-state index in [1.807, 2.05) is 54.6 Å². The van der Waals surface area contributed by atoms with Crippen LogP contribution in [0.3, 0.4) is 0 Å². The first-order chi connectivity index (χ1) is 19.5. The van der Waals surface area contributed by atoms with Crippen molar-refractivity contribution in [3.63, 3.8) is 0 Å². The average molecular weight is 538 g/mol. The van der Waals surface area contributed by atoms with Gasteiger partial charge in [-0.3, -0.25) is 19.4 Å². The zero-order valence-electron chi connectivity index (χ0n) is 22.2. The number of carbonyl (C=O) groups is 3. The van der Waals surface area contributed by atoms with Crippen LogP contribution in [-0.4, -0.2) is 53.0 Å². The topological polar surface area (TPSA) is 109 Å². The van der Waals surface area contributed by atoms with Gasteiger partial charge in [0.15, 0.2) is 0 Å². The standard InChI is InChI=1S/C32H31N3O5/c1-40-25-10-6-8-23(20-25)15-18-35(19-16-30(36)37)32(39)29-14-5-3-12-27(29)26-11-2-4-13-28(26)31(38)34-22-24-9-7-17-33-21-24/h2-14,17,20-21H,15-16,18-19,22H2,1H3,(H,34,38)(H,36,37). The van der Waals surface area contributed by atoms with Crippen LogP contribution in [0.1, 0.15) is 38.3 Å². The zero-order valence-corrected chi connectivity index (χ0v) is 22.2. The number of aliphatic carboxylic acids is 1. The van der Waals surface area contributed by atoms with E-state index in [4.69, 9.17) is 4.74 Å². The van der Waals surface area contributed by atoms with Crippen LogP contribution in [0, 0.1) is 0 Å². The highest BCUT2D eigenvalue weighted by Crippen LogP contribution is 2.28. The molecule has 204 valence electrons. The smallest absolute Gasteiger partial charge is 0.305 e. The van der Waals surface area contributed by atoms with E-state index in [0.717, 1.165) is 11.1 Å². The van der Waals surface area contributed by atoms with Gasteiger partial charge in [0.2, 0.25) is 0 Å². The molecule has 0 saturated heterocycles. The second kappa shape index (κ2) is 13.7. The molecule has 2 amide bonds. The van der Waals surface area contributed by atoms with Crippen molar-refractivity contribution in [3.05, 3.63) is 120 Å². The lowest BCUT2D eigenvalue weighted by Crippen LogP contribution is -2.35. The van der Waals surface area contributed by atoms with Gasteiger partial charge in [0, 0.05) is 43.2 Å². The largest absolute Gasteiger partial charge is 0.497 e. The van der Waals surface area contributed by atoms with Gasteiger partial charge in [-0.05, 0) is 59.0 Å². The number of carboxylic acids is 1. The number of nitrogens with one attached hydrogen (secondary N) is 1. The molecule has 4 rings (SSSR count). The number of hydrogen-bond donors (Lipinski definition) is 2. The first-order valence-corrected chi connectivity index (χ1v) is 13.0. The van der Waals surface area contributed by atoms with Gasteiger partial charge in [0.1, 0.15) is 5.75 Å². The molecule has 40 heavy (non-hydrogen) atoms. The number of pyridine rings is 1. The molecule has 0 saturated carbocycles. The normalized spacial score (nSPS) is 10.5. The Hall–Kier alpha value is -4.98. The number of aromatic nitrogens is 1. The number of carboxylic acid groups (broad SMARTS) is 1. The molecule has 8 nitrogen and oxygen atoms in total. The van der Waals surface area contributed by atoms with Crippen LogP contribution in [0.15, 0.2) is 97.3 Å². The Balaban J connectivity index is 1.60. The lowest BCUT2D eigenvalue weighted by Gasteiger charge is -2.24. The summed E-state index contributed by atoms with van der Waals surface area (Å²) in [6.45, 7) is 0.690. The molecular weight excluding hydrogens is 506 g/mol. The number of amides is 2. The monoisotopic (exact) mass is 537 g/mol. The Bertz CT molecular complexity index is 1470. The van der Waals surface area contributed by atoms with Crippen molar-refractivity contribution >= 4 is 17.8 Å². The minimum absolute atomic E-state index is 0.0553. The van der Waals surface area contributed by atoms with Gasteiger partial charge < -0.3 is 20.1 Å². The SMILES string of the molecule is COc1cccc(CCN(CCC(=O)O)C(=O)c2ccccc2-c2ccccc2C(=O)NCc2cccnc2)c1. The Morgan fingerprint density at radius 2 is 1.55 bits per heavy atom. The third kappa shape index (κ3) is 7.32. The number of ether oxygens (including phenoxy) is 1. The van der Waals surface area contributed by atoms with Crippen molar-refractivity contribution in [2.45, 2.75) is 19.4 Å². The van der Waals surface area contributed by atoms with Crippen molar-refractivity contribution < 1.29 is 24.2 Å². The average Bonchev–Trinajstić information content (AvgIpc) is 3.00. The molecule has 0 spiro atoms. The van der Waals surface area contributed by atoms with Crippen molar-refractivity contribution in [1.29, 1.82) is 0 Å². The van der Waals surface area contributed by atoms with E-state index in [-0.39, 0.29) is 24.8 Å². The van der Waals surface area contributed by atoms with Crippen molar-refractivity contribution in [2.24, 2.45) is 0 Å². The van der Waals surface area contributed by atoms with Gasteiger partial charge in [-0.25, -0.2) is 0 Å². The molecule has 0 aliphatic heterocycles. The van der Waals surface area contributed by atoms with E-state index >= 15 is 0 Å². The first-order valence-electron chi connectivity index (χ1n) is 13.0. The molecule has 0 bridgehead atoms. The van der Waals surface area contributed by atoms with Crippen molar-refractivity contribution in [3.8, 4) is 16.9 Å². The number of benzene rings is 3. The van der Waals surface area contributed by atoms with E-state index in [1.54, 1.807) is 54.7 Å². The fourth-order valence-electron chi connectivity index (χ4n) is 4.41. The first kappa shape index (κ1) is 28.0. The highest BCUT2D eigenvalue weighted by atomic mass is 16.5. The van der Waals surface area contributed by atoms with Crippen LogP contribution in [-0.2, 0) is 17.8 Å². The second-order valence-corrected chi connectivity index (χ2v) is 9.17. The van der Waals surface area contributed by atoms with Crippen LogP contribution in [0.2, 0.25) is 0 Å². The van der Waals surface area contributed by atoms with E-state index in [2.05, 4.69) is 10.3 Å². The van der Waals surface area contributed by atoms with Crippen LogP contribution in [0.4, 0.5) is 0 Å². The van der Waals surface area contributed by atoms with Crippen LogP contribution < -0.4 is 10.1 Å². The predicted octanol–water partition coefficient (Wildman–Crippen LogP) is 4.85. The van der Waals surface area contributed by atoms with E-state index < -0.39 is 5.97 Å². The Morgan fingerprint density at radius 3 is 2.25 bits per heavy atom. The highest BCUT2D eigenvalue weighted by molar-refractivity contribution is 6.06. The molecule has 0 aliphatic carbocycles. The number of hydrogen-bond acceptors (Lipinski definition) is 5. The van der Waals surface area contributed by atoms with Crippen molar-refractivity contribution in [2.75, 3.05) is 20.2 Å². The molecule has 1 heterocycles. The van der Waals surface area contributed by atoms with E-state index in [1.165, 1.54) is 0 Å². The molecule has 8 heteroatoms. The number of nitrogens with zero attached hydrogens (tertiary/aromatic N) is 2. The Labute approximate surface area is 233 Å². The van der Waals surface area contributed by atoms with Crippen LogP contribution in [0.5, 0.6) is 5.75 Å². The fraction of sp³-hybridized carbons (Fsp3) is 0.188. The zero-order chi connectivity index (χ0) is 28.3. The van der Waals surface area contributed by atoms with Crippen molar-refractivity contribution in [1.82, 2.24) is 15.2 Å². The maximum absolute atomic E-state index is 13.9. The third-order valence-corrected chi connectivity index (χ3v) is 6.48. The van der Waals surface area contributed by atoms with E-state index in [9.17, 15) is 19.5 Å². The molecule has 0 fully saturated rings. The molecule has 0 atom stereocenters. The molecular formula is C32H31N3O5. The van der Waals surface area contributed by atoms with Gasteiger partial charge in [0.05, 0.1) is 13.5 Å². The fourth-order valence-corrected chi connectivity index (χ4v) is 4.41. The molecule has 0 unspecified atom stereocenters. The summed E-state index contributed by atoms with van der Waals surface area (Å²) in [4.78, 5) is 44.1. The molecule has 1 aromatic heterocycles. The summed E-state index contributed by atoms with van der Waals surface area (Å²) in [5, 5.41) is 12.3. The lowest BCUT2D eigenvalue weighted by molar-refractivity contribution is -0.137. The molecule has 3 aromatic carbocycles. The van der Waals surface area contributed by atoms with Gasteiger partial charge in [-0.1, -0.05) is 54.6 Å². The van der Waals surface area contributed by atoms with Gasteiger partial charge in [-0.2, -0.15) is 0 Å². The van der Waals surface area contributed by atoms with E-state index in [0.29, 0.717) is 47.5 Å². The number of methoxy groups -OCH3 is 1. The summed E-state index contributed by atoms with van der Waals surface area (Å²) in [6, 6.07) is 25.5. The summed E-state index contributed by atoms with van der Waals surface area (Å²) in [5.41, 5.74) is 3.87. The maximum Gasteiger partial charge on any atom is 0.305 e. The summed E-state index contributed by atoms with van der Waals surface area (Å²) < 4.78 is 5.30. The lowest BCUT2D eigenvalue weighted by atomic mass is 9.94. The second-order valence-electron chi connectivity index (χ2n) is 9.17. The number of carbonyl (C=O) groups excluding carboxylic acids is 2. The Kier molecular flexibility index (Phi) is 9.61. The van der Waals surface area contributed by atoms with Crippen LogP contribution in [0.25, 0.3) is 11.1 Å². The summed E-state index contributed by atoms with van der Waals surface area (Å²) in [5.74, 6) is -0.847. The minimum atomic E-state index is -0.983. The quantitative estimate of drug-likeness (QED) is 0.268. The minimum Gasteiger partial charge on any atom is -0.497 e. The molecule has 0 aliphatic rings. The van der Waals surface area contributed by atoms with Gasteiger partial charge in [0.25, 0.3) is 11.8 Å². The van der Waals surface area contributed by atoms with Gasteiger partial charge >= 0.3 is 5.97 Å². The summed E-state index contributed by atoms with van der Waals surface area (Å²) >= 11 is 0. The number of rotatable bonds is 12. The highest BCUT2D eigenvalue weighted by Gasteiger charge is 2.22. The molecule has 4 aromatic rings.